The zero-order valence-electron chi connectivity index (χ0n) is 13.8. The van der Waals surface area contributed by atoms with Gasteiger partial charge in [0.1, 0.15) is 0 Å². The third kappa shape index (κ3) is 4.43. The summed E-state index contributed by atoms with van der Waals surface area (Å²) in [6.45, 7) is 5.61. The van der Waals surface area contributed by atoms with Gasteiger partial charge in [0.25, 0.3) is 0 Å². The van der Waals surface area contributed by atoms with E-state index in [9.17, 15) is 9.90 Å². The summed E-state index contributed by atoms with van der Waals surface area (Å²) in [6.07, 6.45) is 7.70. The second kappa shape index (κ2) is 7.28. The molecule has 0 radical (unpaired) electrons. The molecule has 3 rings (SSSR count). The lowest BCUT2D eigenvalue weighted by molar-refractivity contribution is -0.123. The zero-order valence-corrected chi connectivity index (χ0v) is 13.8. The fourth-order valence-electron chi connectivity index (χ4n) is 4.07. The van der Waals surface area contributed by atoms with Gasteiger partial charge in [0.2, 0.25) is 5.91 Å². The van der Waals surface area contributed by atoms with Crippen LogP contribution in [0.1, 0.15) is 51.9 Å². The van der Waals surface area contributed by atoms with Gasteiger partial charge < -0.3 is 15.3 Å². The first-order valence-electron chi connectivity index (χ1n) is 9.07. The number of aliphatic hydroxyl groups excluding tert-OH is 1. The second-order valence-corrected chi connectivity index (χ2v) is 7.46. The molecule has 2 N–H and O–H groups in total. The zero-order chi connectivity index (χ0) is 15.5. The summed E-state index contributed by atoms with van der Waals surface area (Å²) in [6, 6.07) is 1.59. The monoisotopic (exact) mass is 309 g/mol. The Morgan fingerprint density at radius 2 is 1.91 bits per heavy atom. The average molecular weight is 309 g/mol. The first-order chi connectivity index (χ1) is 10.6. The fourth-order valence-corrected chi connectivity index (χ4v) is 4.07. The lowest BCUT2D eigenvalue weighted by Crippen LogP contribution is -2.48. The summed E-state index contributed by atoms with van der Waals surface area (Å²) in [7, 11) is 0. The molecule has 1 saturated carbocycles. The summed E-state index contributed by atoms with van der Waals surface area (Å²) >= 11 is 0. The Balaban J connectivity index is 1.38. The van der Waals surface area contributed by atoms with Gasteiger partial charge in [-0.05, 0) is 58.4 Å². The normalized spacial score (nSPS) is 29.6. The number of rotatable bonds is 6. The molecule has 3 fully saturated rings. The number of piperidine rings is 1. The molecule has 2 unspecified atom stereocenters. The molecule has 0 aromatic carbocycles. The molecule has 0 bridgehead atoms. The van der Waals surface area contributed by atoms with Crippen molar-refractivity contribution in [2.24, 2.45) is 0 Å². The molecule has 3 aliphatic rings. The molecule has 0 aromatic rings. The summed E-state index contributed by atoms with van der Waals surface area (Å²) < 4.78 is 0. The van der Waals surface area contributed by atoms with E-state index in [0.29, 0.717) is 18.6 Å². The van der Waals surface area contributed by atoms with Crippen molar-refractivity contribution in [2.75, 3.05) is 26.2 Å². The van der Waals surface area contributed by atoms with Gasteiger partial charge in [-0.3, -0.25) is 9.69 Å². The van der Waals surface area contributed by atoms with E-state index in [2.05, 4.69) is 15.1 Å². The van der Waals surface area contributed by atoms with Gasteiger partial charge in [0, 0.05) is 31.2 Å². The third-order valence-electron chi connectivity index (χ3n) is 5.42. The van der Waals surface area contributed by atoms with Crippen molar-refractivity contribution in [2.45, 2.75) is 76.1 Å². The van der Waals surface area contributed by atoms with Crippen LogP contribution in [0.15, 0.2) is 0 Å². The molecule has 5 nitrogen and oxygen atoms in total. The summed E-state index contributed by atoms with van der Waals surface area (Å²) in [5.74, 6) is 0.169. The van der Waals surface area contributed by atoms with Crippen LogP contribution >= 0.6 is 0 Å². The first kappa shape index (κ1) is 16.2. The van der Waals surface area contributed by atoms with Crippen LogP contribution in [0.2, 0.25) is 0 Å². The van der Waals surface area contributed by atoms with E-state index in [1.54, 1.807) is 0 Å². The van der Waals surface area contributed by atoms with Crippen molar-refractivity contribution in [3.63, 3.8) is 0 Å². The molecule has 22 heavy (non-hydrogen) atoms. The van der Waals surface area contributed by atoms with E-state index in [4.69, 9.17) is 0 Å². The van der Waals surface area contributed by atoms with Crippen LogP contribution in [-0.4, -0.2) is 71.2 Å². The Labute approximate surface area is 134 Å². The third-order valence-corrected chi connectivity index (χ3v) is 5.42. The van der Waals surface area contributed by atoms with Crippen molar-refractivity contribution in [1.82, 2.24) is 15.1 Å². The van der Waals surface area contributed by atoms with Crippen molar-refractivity contribution < 1.29 is 9.90 Å². The topological polar surface area (TPSA) is 55.8 Å². The SMILES string of the molecule is CC(O)CC1CCCN1CC(=O)NC1CCN(C2CC2)CC1. The molecule has 126 valence electrons. The minimum absolute atomic E-state index is 0.169. The molecule has 0 spiro atoms. The Hall–Kier alpha value is -0.650. The molecular formula is C17H31N3O2. The predicted molar refractivity (Wildman–Crippen MR) is 86.7 cm³/mol. The highest BCUT2D eigenvalue weighted by molar-refractivity contribution is 5.78. The van der Waals surface area contributed by atoms with E-state index >= 15 is 0 Å². The molecule has 2 saturated heterocycles. The van der Waals surface area contributed by atoms with Gasteiger partial charge in [0.05, 0.1) is 12.6 Å². The maximum Gasteiger partial charge on any atom is 0.234 e. The molecule has 2 heterocycles. The number of carbonyl (C=O) groups excluding carboxylic acids is 1. The van der Waals surface area contributed by atoms with Crippen LogP contribution < -0.4 is 5.32 Å². The smallest absolute Gasteiger partial charge is 0.234 e. The Morgan fingerprint density at radius 1 is 1.18 bits per heavy atom. The highest BCUT2D eigenvalue weighted by atomic mass is 16.3. The Kier molecular flexibility index (Phi) is 5.37. The molecular weight excluding hydrogens is 278 g/mol. The summed E-state index contributed by atoms with van der Waals surface area (Å²) in [5.41, 5.74) is 0. The maximum absolute atomic E-state index is 12.3. The number of likely N-dealkylation sites (tertiary alicyclic amines) is 2. The van der Waals surface area contributed by atoms with Crippen molar-refractivity contribution in [3.8, 4) is 0 Å². The molecule has 2 aliphatic heterocycles. The van der Waals surface area contributed by atoms with Crippen molar-refractivity contribution >= 4 is 5.91 Å². The number of nitrogens with zero attached hydrogens (tertiary/aromatic N) is 2. The lowest BCUT2D eigenvalue weighted by atomic mass is 10.0. The quantitative estimate of drug-likeness (QED) is 0.767. The maximum atomic E-state index is 12.3. The van der Waals surface area contributed by atoms with Gasteiger partial charge in [-0.2, -0.15) is 0 Å². The van der Waals surface area contributed by atoms with Crippen molar-refractivity contribution in [3.05, 3.63) is 0 Å². The van der Waals surface area contributed by atoms with Gasteiger partial charge in [-0.1, -0.05) is 0 Å². The van der Waals surface area contributed by atoms with Gasteiger partial charge in [-0.15, -0.1) is 0 Å². The molecule has 1 aliphatic carbocycles. The van der Waals surface area contributed by atoms with E-state index < -0.39 is 0 Å². The van der Waals surface area contributed by atoms with Crippen molar-refractivity contribution in [1.29, 1.82) is 0 Å². The highest BCUT2D eigenvalue weighted by Gasteiger charge is 2.32. The van der Waals surface area contributed by atoms with Gasteiger partial charge >= 0.3 is 0 Å². The van der Waals surface area contributed by atoms with E-state index in [1.165, 1.54) is 12.8 Å². The van der Waals surface area contributed by atoms with E-state index in [0.717, 1.165) is 57.8 Å². The number of nitrogens with one attached hydrogen (secondary N) is 1. The fraction of sp³-hybridized carbons (Fsp3) is 0.941. The van der Waals surface area contributed by atoms with E-state index in [1.807, 2.05) is 6.92 Å². The molecule has 2 atom stereocenters. The van der Waals surface area contributed by atoms with Crippen LogP contribution in [0.5, 0.6) is 0 Å². The number of aliphatic hydroxyl groups is 1. The predicted octanol–water partition coefficient (Wildman–Crippen LogP) is 0.965. The standard InChI is InChI=1S/C17H31N3O2/c1-13(21)11-16-3-2-8-20(16)12-17(22)18-14-6-9-19(10-7-14)15-4-5-15/h13-16,21H,2-12H2,1H3,(H,18,22). The van der Waals surface area contributed by atoms with E-state index in [-0.39, 0.29) is 12.0 Å². The molecule has 5 heteroatoms. The largest absolute Gasteiger partial charge is 0.393 e. The Morgan fingerprint density at radius 3 is 2.55 bits per heavy atom. The van der Waals surface area contributed by atoms with Crippen LogP contribution in [0.3, 0.4) is 0 Å². The molecule has 0 aromatic heterocycles. The average Bonchev–Trinajstić information content (AvgIpc) is 3.23. The molecule has 1 amide bonds. The number of hydrogen-bond donors (Lipinski definition) is 2. The number of carbonyl (C=O) groups is 1. The van der Waals surface area contributed by atoms with Gasteiger partial charge in [-0.25, -0.2) is 0 Å². The highest BCUT2D eigenvalue weighted by Crippen LogP contribution is 2.29. The van der Waals surface area contributed by atoms with Crippen LogP contribution in [-0.2, 0) is 4.79 Å². The van der Waals surface area contributed by atoms with Gasteiger partial charge in [0.15, 0.2) is 0 Å². The van der Waals surface area contributed by atoms with Crippen LogP contribution in [0, 0.1) is 0 Å². The summed E-state index contributed by atoms with van der Waals surface area (Å²) in [4.78, 5) is 17.1. The first-order valence-corrected chi connectivity index (χ1v) is 9.07. The number of amides is 1. The summed E-state index contributed by atoms with van der Waals surface area (Å²) in [5, 5.41) is 12.8. The second-order valence-electron chi connectivity index (χ2n) is 7.46. The Bertz CT molecular complexity index is 376. The minimum atomic E-state index is -0.277. The van der Waals surface area contributed by atoms with Crippen LogP contribution in [0.25, 0.3) is 0 Å². The lowest BCUT2D eigenvalue weighted by Gasteiger charge is -2.33. The number of hydrogen-bond acceptors (Lipinski definition) is 4. The van der Waals surface area contributed by atoms with Crippen LogP contribution in [0.4, 0.5) is 0 Å². The minimum Gasteiger partial charge on any atom is -0.393 e.